The standard InChI is InChI=1S/C65H105N11O17S2/c1-14-15-16-18-44(56(66)88)72-50(83)33-43(24-25-51(84)85)71-57(89)40(28-38-20-22-42(23-21-38)63(6,7)8)31-49(82)54-64(9,10)94-95-65(11,12)55(70-37(5)79)61(93)76(13)46(19-17-26-69-62(67)68)60(92)73-45(34-77)47(80)29-41(32-52(86)87)58(90)74-53(36(4)78)48(81)30-39(27-35(2)3)59(91)75-54/h20-23,35-36,39-41,43-46,53-55,77-78H,14-19,24-34H2,1-13H3,(H2,66,88)(H,70,79)(H,71,89)(H,72,83)(H,73,92)(H,74,90)(H,75,91)(H,84,85)(H,86,87)(H4,67,68,69)/t36?,39-,40-,41+,43+,44-,45+,46+,53+,54-,55-/m1/s1. The fourth-order valence-electron chi connectivity index (χ4n) is 10.9. The number of guanidine groups is 1. The van der Waals surface area contributed by atoms with E-state index in [-0.39, 0.29) is 62.4 Å². The average molecular weight is 1380 g/mol. The molecule has 0 aromatic heterocycles. The summed E-state index contributed by atoms with van der Waals surface area (Å²) in [6.07, 6.45) is -4.07. The van der Waals surface area contributed by atoms with E-state index in [1.54, 1.807) is 53.7 Å². The smallest absolute Gasteiger partial charge is 0.304 e. The van der Waals surface area contributed by atoms with Gasteiger partial charge in [0.15, 0.2) is 23.3 Å². The lowest BCUT2D eigenvalue weighted by Gasteiger charge is -2.40. The lowest BCUT2D eigenvalue weighted by molar-refractivity contribution is -0.144. The maximum Gasteiger partial charge on any atom is 0.304 e. The number of nitrogens with two attached hydrogens (primary N) is 3. The van der Waals surface area contributed by atoms with Crippen molar-refractivity contribution in [2.45, 2.75) is 243 Å². The lowest BCUT2D eigenvalue weighted by Crippen LogP contribution is -2.61. The van der Waals surface area contributed by atoms with Gasteiger partial charge in [0.05, 0.1) is 25.0 Å². The fourth-order valence-corrected chi connectivity index (χ4v) is 13.7. The van der Waals surface area contributed by atoms with Crippen molar-refractivity contribution in [1.82, 2.24) is 36.8 Å². The number of aliphatic imine (C=N–C) groups is 1. The molecule has 1 unspecified atom stereocenters. The van der Waals surface area contributed by atoms with Crippen LogP contribution in [-0.2, 0) is 74.2 Å². The number of nitrogens with zero attached hydrogens (tertiary/aromatic N) is 2. The molecule has 0 saturated carbocycles. The zero-order valence-corrected chi connectivity index (χ0v) is 58.9. The van der Waals surface area contributed by atoms with E-state index in [0.29, 0.717) is 12.0 Å². The van der Waals surface area contributed by atoms with E-state index in [1.807, 2.05) is 39.8 Å². The van der Waals surface area contributed by atoms with E-state index in [4.69, 9.17) is 17.2 Å². The van der Waals surface area contributed by atoms with Crippen molar-refractivity contribution in [3.05, 3.63) is 35.4 Å². The highest BCUT2D eigenvalue weighted by atomic mass is 33.1. The second-order valence-corrected chi connectivity index (χ2v) is 30.6. The molecule has 534 valence electrons. The zero-order valence-electron chi connectivity index (χ0n) is 57.3. The van der Waals surface area contributed by atoms with Gasteiger partial charge < -0.3 is 74.4 Å². The molecule has 0 radical (unpaired) electrons. The predicted octanol–water partition coefficient (Wildman–Crippen LogP) is 2.23. The molecule has 1 heterocycles. The molecule has 16 N–H and O–H groups in total. The molecule has 1 aromatic rings. The first-order chi connectivity index (χ1) is 44.0. The number of carboxylic acids is 2. The van der Waals surface area contributed by atoms with E-state index >= 15 is 19.2 Å². The van der Waals surface area contributed by atoms with Crippen molar-refractivity contribution in [3.63, 3.8) is 0 Å². The summed E-state index contributed by atoms with van der Waals surface area (Å²) in [5, 5.41) is 57.1. The number of ketones is 3. The molecule has 1 aromatic carbocycles. The van der Waals surface area contributed by atoms with Crippen molar-refractivity contribution in [2.24, 2.45) is 45.9 Å². The minimum absolute atomic E-state index is 0.0259. The molecular weight excluding hydrogens is 1270 g/mol. The Hall–Kier alpha value is -7.18. The van der Waals surface area contributed by atoms with Gasteiger partial charge in [0, 0.05) is 80.0 Å². The van der Waals surface area contributed by atoms with Crippen LogP contribution in [0.4, 0.5) is 0 Å². The summed E-state index contributed by atoms with van der Waals surface area (Å²) in [6.45, 7) is 19.1. The molecule has 0 aliphatic carbocycles. The molecule has 30 heteroatoms. The number of aliphatic carboxylic acids is 2. The Labute approximate surface area is 565 Å². The third kappa shape index (κ3) is 29.0. The summed E-state index contributed by atoms with van der Waals surface area (Å²) in [4.78, 5) is 187. The van der Waals surface area contributed by atoms with Crippen LogP contribution >= 0.6 is 21.6 Å². The summed E-state index contributed by atoms with van der Waals surface area (Å²) in [7, 11) is 3.26. The van der Waals surface area contributed by atoms with Gasteiger partial charge in [-0.3, -0.25) is 67.3 Å². The molecule has 28 nitrogen and oxygen atoms in total. The van der Waals surface area contributed by atoms with Crippen LogP contribution in [0.5, 0.6) is 0 Å². The van der Waals surface area contributed by atoms with Crippen molar-refractivity contribution in [3.8, 4) is 0 Å². The monoisotopic (exact) mass is 1380 g/mol. The van der Waals surface area contributed by atoms with Gasteiger partial charge in [-0.15, -0.1) is 0 Å². The molecule has 11 atom stereocenters. The van der Waals surface area contributed by atoms with Crippen LogP contribution in [0, 0.1) is 23.7 Å². The number of benzene rings is 1. The van der Waals surface area contributed by atoms with Crippen molar-refractivity contribution >= 4 is 104 Å². The number of rotatable bonds is 29. The zero-order chi connectivity index (χ0) is 72.5. The van der Waals surface area contributed by atoms with Crippen molar-refractivity contribution in [1.29, 1.82) is 0 Å². The third-order valence-electron chi connectivity index (χ3n) is 16.3. The number of carbonyl (C=O) groups excluding carboxylic acids is 11. The molecular formula is C65H105N11O17S2. The summed E-state index contributed by atoms with van der Waals surface area (Å²) >= 11 is 0. The van der Waals surface area contributed by atoms with Crippen LogP contribution in [-0.4, -0.2) is 186 Å². The van der Waals surface area contributed by atoms with Crippen molar-refractivity contribution in [2.75, 3.05) is 20.2 Å². The minimum Gasteiger partial charge on any atom is -0.481 e. The SMILES string of the molecule is CCCCC[C@@H](NC(=O)C[C@H](CCC(=O)O)NC(=O)[C@@H](CC(=O)[C@H]1NC(=O)[C@H](CC(C)C)CC(=O)[C@H](C(C)O)NC(=O)[C@H](CC(=O)O)CC(=O)[C@H](CO)NC(=O)[C@H](CCCN=C(N)N)N(C)C(=O)[C@@H](NC(C)=O)C(C)(C)SSC1(C)C)Cc1ccc(C(C)(C)C)cc1)C(N)=O. The van der Waals surface area contributed by atoms with E-state index in [0.717, 1.165) is 58.7 Å². The van der Waals surface area contributed by atoms with Gasteiger partial charge in [-0.05, 0) is 95.6 Å². The molecule has 1 fully saturated rings. The van der Waals surface area contributed by atoms with E-state index < -0.39 is 197 Å². The van der Waals surface area contributed by atoms with Crippen LogP contribution in [0.1, 0.15) is 184 Å². The summed E-state index contributed by atoms with van der Waals surface area (Å²) in [5.41, 5.74) is 18.0. The highest BCUT2D eigenvalue weighted by molar-refractivity contribution is 8.77. The van der Waals surface area contributed by atoms with Gasteiger partial charge in [0.1, 0.15) is 36.3 Å². The number of hydrogen-bond donors (Lipinski definition) is 13. The van der Waals surface area contributed by atoms with Gasteiger partial charge in [0.2, 0.25) is 47.3 Å². The van der Waals surface area contributed by atoms with Crippen LogP contribution in [0.15, 0.2) is 29.3 Å². The van der Waals surface area contributed by atoms with Crippen LogP contribution < -0.4 is 49.1 Å². The summed E-state index contributed by atoms with van der Waals surface area (Å²) in [6, 6.07) is -3.09. The number of nitrogens with one attached hydrogen (secondary N) is 6. The van der Waals surface area contributed by atoms with Gasteiger partial charge in [-0.2, -0.15) is 0 Å². The van der Waals surface area contributed by atoms with Gasteiger partial charge in [-0.25, -0.2) is 0 Å². The predicted molar refractivity (Wildman–Crippen MR) is 361 cm³/mol. The lowest BCUT2D eigenvalue weighted by atomic mass is 9.84. The molecule has 0 spiro atoms. The number of amides is 8. The second kappa shape index (κ2) is 39.1. The van der Waals surface area contributed by atoms with E-state index in [2.05, 4.69) is 36.9 Å². The highest BCUT2D eigenvalue weighted by Gasteiger charge is 2.47. The van der Waals surface area contributed by atoms with Gasteiger partial charge >= 0.3 is 11.9 Å². The Bertz CT molecular complexity index is 2880. The highest BCUT2D eigenvalue weighted by Crippen LogP contribution is 2.47. The number of carbonyl (C=O) groups is 13. The Morgan fingerprint density at radius 2 is 1.38 bits per heavy atom. The largest absolute Gasteiger partial charge is 0.481 e. The normalized spacial score (nSPS) is 22.5. The molecule has 1 aliphatic heterocycles. The molecule has 1 aliphatic rings. The quantitative estimate of drug-likeness (QED) is 0.0237. The van der Waals surface area contributed by atoms with Gasteiger partial charge in [0.25, 0.3) is 0 Å². The first-order valence-corrected chi connectivity index (χ1v) is 34.4. The fraction of sp³-hybridized carbons (Fsp3) is 0.692. The molecule has 8 amide bonds. The Balaban J connectivity index is 3.09. The first kappa shape index (κ1) is 83.9. The molecule has 2 rings (SSSR count). The van der Waals surface area contributed by atoms with Crippen molar-refractivity contribution < 1.29 is 82.8 Å². The number of carboxylic acid groups (broad SMARTS) is 2. The van der Waals surface area contributed by atoms with E-state index in [1.165, 1.54) is 7.05 Å². The topological polar surface area (TPSA) is 469 Å². The number of Topliss-reactive ketones (excluding diaryl/α,β-unsaturated/α-hetero) is 3. The molecule has 95 heavy (non-hydrogen) atoms. The number of hydrogen-bond acceptors (Lipinski definition) is 18. The van der Waals surface area contributed by atoms with Crippen LogP contribution in [0.2, 0.25) is 0 Å². The summed E-state index contributed by atoms with van der Waals surface area (Å²) in [5.74, 6) is -17.3. The third-order valence-corrected chi connectivity index (χ3v) is 20.6. The maximum absolute atomic E-state index is 15.7. The summed E-state index contributed by atoms with van der Waals surface area (Å²) < 4.78 is -2.91. The maximum atomic E-state index is 15.7. The second-order valence-electron chi connectivity index (χ2n) is 27.2. The van der Waals surface area contributed by atoms with E-state index in [9.17, 15) is 63.6 Å². The Morgan fingerprint density at radius 1 is 0.779 bits per heavy atom. The van der Waals surface area contributed by atoms with Crippen LogP contribution in [0.25, 0.3) is 0 Å². The first-order valence-electron chi connectivity index (χ1n) is 32.2. The number of primary amides is 1. The minimum atomic E-state index is -1.81. The number of aliphatic hydroxyl groups is 2. The Morgan fingerprint density at radius 3 is 1.91 bits per heavy atom. The van der Waals surface area contributed by atoms with Gasteiger partial charge in [-0.1, -0.05) is 107 Å². The number of unbranched alkanes of at least 4 members (excludes halogenated alkanes) is 2. The number of aliphatic hydroxyl groups excluding tert-OH is 2. The molecule has 1 saturated heterocycles. The number of likely N-dealkylation sites (N-methyl/N-ethyl adjacent to an activating group) is 1. The van der Waals surface area contributed by atoms with Crippen LogP contribution in [0.3, 0.4) is 0 Å². The average Bonchev–Trinajstić information content (AvgIpc) is 0.904. The Kier molecular flexibility index (Phi) is 34.6. The molecule has 0 bridgehead atoms.